The van der Waals surface area contributed by atoms with Gasteiger partial charge in [-0.2, -0.15) is 5.26 Å². The molecule has 0 aliphatic carbocycles. The lowest BCUT2D eigenvalue weighted by atomic mass is 9.92. The van der Waals surface area contributed by atoms with Crippen LogP contribution in [0.5, 0.6) is 0 Å². The van der Waals surface area contributed by atoms with Gasteiger partial charge < -0.3 is 0 Å². The van der Waals surface area contributed by atoms with Crippen molar-refractivity contribution in [3.05, 3.63) is 92.5 Å². The van der Waals surface area contributed by atoms with Gasteiger partial charge >= 0.3 is 0 Å². The molecule has 3 aromatic carbocycles. The summed E-state index contributed by atoms with van der Waals surface area (Å²) in [6.45, 7) is 0. The molecule has 7 heteroatoms. The molecular weight excluding hydrogens is 334 g/mol. The van der Waals surface area contributed by atoms with Crippen LogP contribution in [0.1, 0.15) is 5.56 Å². The average molecular weight is 345 g/mol. The third-order valence-electron chi connectivity index (χ3n) is 3.91. The minimum absolute atomic E-state index is 0.0767. The Hall–Kier alpha value is -4.05. The van der Waals surface area contributed by atoms with E-state index in [-0.39, 0.29) is 11.4 Å². The van der Waals surface area contributed by atoms with Gasteiger partial charge in [-0.3, -0.25) is 20.2 Å². The molecule has 3 aromatic rings. The van der Waals surface area contributed by atoms with Crippen LogP contribution in [0.25, 0.3) is 22.3 Å². The van der Waals surface area contributed by atoms with Gasteiger partial charge in [-0.05, 0) is 11.1 Å². The molecule has 7 nitrogen and oxygen atoms in total. The number of hydrogen-bond donors (Lipinski definition) is 0. The van der Waals surface area contributed by atoms with Gasteiger partial charge in [-0.25, -0.2) is 0 Å². The fraction of sp³-hybridized carbons (Fsp3) is 0. The fourth-order valence-corrected chi connectivity index (χ4v) is 2.73. The van der Waals surface area contributed by atoms with Crippen LogP contribution >= 0.6 is 0 Å². The summed E-state index contributed by atoms with van der Waals surface area (Å²) in [6.07, 6.45) is 0. The molecule has 0 atom stereocenters. The molecular formula is C19H11N3O4. The number of nitrogens with zero attached hydrogens (tertiary/aromatic N) is 3. The van der Waals surface area contributed by atoms with Gasteiger partial charge in [0.25, 0.3) is 11.4 Å². The number of rotatable bonds is 4. The molecule has 126 valence electrons. The standard InChI is InChI=1S/C19H11N3O4/c20-12-19-17(13-4-1-6-15(10-13)21(23)24)8-3-9-18(19)14-5-2-7-16(11-14)22(25)26/h1-11H. The molecule has 0 aromatic heterocycles. The van der Waals surface area contributed by atoms with E-state index in [2.05, 4.69) is 6.07 Å². The van der Waals surface area contributed by atoms with Crippen molar-refractivity contribution in [2.45, 2.75) is 0 Å². The summed E-state index contributed by atoms with van der Waals surface area (Å²) in [5.74, 6) is 0. The van der Waals surface area contributed by atoms with Gasteiger partial charge in [0.15, 0.2) is 0 Å². The zero-order valence-electron chi connectivity index (χ0n) is 13.3. The van der Waals surface area contributed by atoms with Crippen molar-refractivity contribution in [2.24, 2.45) is 0 Å². The zero-order chi connectivity index (χ0) is 18.7. The Morgan fingerprint density at radius 1 is 0.731 bits per heavy atom. The van der Waals surface area contributed by atoms with E-state index in [0.717, 1.165) is 0 Å². The van der Waals surface area contributed by atoms with Crippen LogP contribution in [-0.4, -0.2) is 9.85 Å². The van der Waals surface area contributed by atoms with Crippen LogP contribution < -0.4 is 0 Å². The predicted molar refractivity (Wildman–Crippen MR) is 95.3 cm³/mol. The van der Waals surface area contributed by atoms with Crippen molar-refractivity contribution in [2.75, 3.05) is 0 Å². The molecule has 26 heavy (non-hydrogen) atoms. The van der Waals surface area contributed by atoms with E-state index in [4.69, 9.17) is 0 Å². The molecule has 0 fully saturated rings. The number of non-ortho nitro benzene ring substituents is 2. The van der Waals surface area contributed by atoms with Gasteiger partial charge in [0.1, 0.15) is 6.07 Å². The summed E-state index contributed by atoms with van der Waals surface area (Å²) in [4.78, 5) is 21.0. The van der Waals surface area contributed by atoms with Crippen molar-refractivity contribution in [3.63, 3.8) is 0 Å². The van der Waals surface area contributed by atoms with Crippen LogP contribution in [0.2, 0.25) is 0 Å². The highest BCUT2D eigenvalue weighted by molar-refractivity contribution is 5.83. The van der Waals surface area contributed by atoms with Crippen LogP contribution in [0, 0.1) is 31.6 Å². The second kappa shape index (κ2) is 6.83. The lowest BCUT2D eigenvalue weighted by Gasteiger charge is -2.10. The topological polar surface area (TPSA) is 110 Å². The summed E-state index contributed by atoms with van der Waals surface area (Å²) >= 11 is 0. The fourth-order valence-electron chi connectivity index (χ4n) is 2.73. The summed E-state index contributed by atoms with van der Waals surface area (Å²) < 4.78 is 0. The number of nitriles is 1. The van der Waals surface area contributed by atoms with E-state index in [1.165, 1.54) is 24.3 Å². The second-order valence-electron chi connectivity index (χ2n) is 5.45. The molecule has 0 aliphatic heterocycles. The van der Waals surface area contributed by atoms with Crippen molar-refractivity contribution < 1.29 is 9.85 Å². The molecule has 0 bridgehead atoms. The lowest BCUT2D eigenvalue weighted by Crippen LogP contribution is -1.93. The SMILES string of the molecule is N#Cc1c(-c2cccc([N+](=O)[O-])c2)cccc1-c1cccc([N+](=O)[O-])c1. The molecule has 0 aliphatic rings. The number of nitro groups is 2. The van der Waals surface area contributed by atoms with Gasteiger partial charge in [-0.15, -0.1) is 0 Å². The molecule has 0 radical (unpaired) electrons. The van der Waals surface area contributed by atoms with E-state index in [1.54, 1.807) is 42.5 Å². The first-order chi connectivity index (χ1) is 12.5. The molecule has 3 rings (SSSR count). The Balaban J connectivity index is 2.20. The monoisotopic (exact) mass is 345 g/mol. The molecule has 0 spiro atoms. The van der Waals surface area contributed by atoms with E-state index in [9.17, 15) is 25.5 Å². The quantitative estimate of drug-likeness (QED) is 0.502. The van der Waals surface area contributed by atoms with Crippen LogP contribution in [0.4, 0.5) is 11.4 Å². The minimum Gasteiger partial charge on any atom is -0.258 e. The molecule has 0 amide bonds. The maximum absolute atomic E-state index is 11.0. The Kier molecular flexibility index (Phi) is 4.41. The van der Waals surface area contributed by atoms with E-state index in [1.807, 2.05) is 0 Å². The third kappa shape index (κ3) is 3.12. The van der Waals surface area contributed by atoms with Crippen molar-refractivity contribution in [3.8, 4) is 28.3 Å². The van der Waals surface area contributed by atoms with E-state index >= 15 is 0 Å². The van der Waals surface area contributed by atoms with Crippen molar-refractivity contribution >= 4 is 11.4 Å². The van der Waals surface area contributed by atoms with Crippen molar-refractivity contribution in [1.29, 1.82) is 5.26 Å². The summed E-state index contributed by atoms with van der Waals surface area (Å²) in [7, 11) is 0. The van der Waals surface area contributed by atoms with Gasteiger partial charge in [-0.1, -0.05) is 42.5 Å². The van der Waals surface area contributed by atoms with E-state index < -0.39 is 9.85 Å². The highest BCUT2D eigenvalue weighted by atomic mass is 16.6. The maximum Gasteiger partial charge on any atom is 0.270 e. The zero-order valence-corrected chi connectivity index (χ0v) is 13.3. The maximum atomic E-state index is 11.0. The predicted octanol–water partition coefficient (Wildman–Crippen LogP) is 4.71. The lowest BCUT2D eigenvalue weighted by molar-refractivity contribution is -0.385. The average Bonchev–Trinajstić information content (AvgIpc) is 2.67. The smallest absolute Gasteiger partial charge is 0.258 e. The summed E-state index contributed by atoms with van der Waals surface area (Å²) in [6, 6.07) is 19.2. The highest BCUT2D eigenvalue weighted by Crippen LogP contribution is 2.34. The van der Waals surface area contributed by atoms with Crippen molar-refractivity contribution in [1.82, 2.24) is 0 Å². The van der Waals surface area contributed by atoms with Gasteiger partial charge in [0.2, 0.25) is 0 Å². The third-order valence-corrected chi connectivity index (χ3v) is 3.91. The number of hydrogen-bond acceptors (Lipinski definition) is 5. The van der Waals surface area contributed by atoms with Crippen LogP contribution in [-0.2, 0) is 0 Å². The van der Waals surface area contributed by atoms with Crippen LogP contribution in [0.15, 0.2) is 66.7 Å². The first kappa shape index (κ1) is 16.8. The van der Waals surface area contributed by atoms with Gasteiger partial charge in [0.05, 0.1) is 15.4 Å². The Bertz CT molecular complexity index is 995. The molecule has 0 heterocycles. The minimum atomic E-state index is -0.500. The molecule has 0 N–H and O–H groups in total. The molecule has 0 saturated heterocycles. The first-order valence-corrected chi connectivity index (χ1v) is 7.54. The molecule has 0 saturated carbocycles. The van der Waals surface area contributed by atoms with Gasteiger partial charge in [0, 0.05) is 35.4 Å². The van der Waals surface area contributed by atoms with Crippen LogP contribution in [0.3, 0.4) is 0 Å². The Morgan fingerprint density at radius 2 is 1.15 bits per heavy atom. The second-order valence-corrected chi connectivity index (χ2v) is 5.45. The molecule has 0 unspecified atom stereocenters. The summed E-state index contributed by atoms with van der Waals surface area (Å²) in [5.41, 5.74) is 2.26. The normalized spacial score (nSPS) is 10.1. The Morgan fingerprint density at radius 3 is 1.54 bits per heavy atom. The number of benzene rings is 3. The first-order valence-electron chi connectivity index (χ1n) is 7.54. The largest absolute Gasteiger partial charge is 0.270 e. The highest BCUT2D eigenvalue weighted by Gasteiger charge is 2.15. The Labute approximate surface area is 148 Å². The van der Waals surface area contributed by atoms with E-state index in [0.29, 0.717) is 27.8 Å². The number of nitro benzene ring substituents is 2. The summed E-state index contributed by atoms with van der Waals surface area (Å²) in [5, 5.41) is 31.7.